The molecule has 2 aromatic rings. The number of nitrogens with zero attached hydrogens (tertiary/aromatic N) is 1. The summed E-state index contributed by atoms with van der Waals surface area (Å²) in [4.78, 5) is 38.8. The molecule has 2 atom stereocenters. The maximum absolute atomic E-state index is 12.7. The number of benzene rings is 1. The maximum atomic E-state index is 12.7. The molecule has 0 radical (unpaired) electrons. The first-order valence-corrected chi connectivity index (χ1v) is 10.5. The van der Waals surface area contributed by atoms with Gasteiger partial charge in [-0.1, -0.05) is 32.0 Å². The molecule has 2 heterocycles. The summed E-state index contributed by atoms with van der Waals surface area (Å²) in [5.74, 6) is -1.27. The lowest BCUT2D eigenvalue weighted by atomic mass is 9.95. The highest BCUT2D eigenvalue weighted by Crippen LogP contribution is 2.31. The molecule has 28 heavy (non-hydrogen) atoms. The standard InChI is InChI=1S/C21H26N2O4S/c1-3-13(2)20(25)23-10-6-7-14(12-23)19(24)22-11-16-15-8-4-5-9-17(15)28-18(16)21(26)27/h4-5,8-9,13-14H,3,6-7,10-12H2,1-2H3,(H,22,24)(H,26,27)/t13-,14-/m1/s1. The van der Waals surface area contributed by atoms with Crippen molar-refractivity contribution in [3.05, 3.63) is 34.7 Å². The Kier molecular flexibility index (Phi) is 6.34. The van der Waals surface area contributed by atoms with Crippen LogP contribution in [0.3, 0.4) is 0 Å². The van der Waals surface area contributed by atoms with Crippen LogP contribution in [0.25, 0.3) is 10.1 Å². The fourth-order valence-corrected chi connectivity index (χ4v) is 4.70. The lowest BCUT2D eigenvalue weighted by Gasteiger charge is -2.33. The van der Waals surface area contributed by atoms with Gasteiger partial charge in [0.2, 0.25) is 11.8 Å². The molecule has 1 aromatic heterocycles. The monoisotopic (exact) mass is 402 g/mol. The number of piperidine rings is 1. The Morgan fingerprint density at radius 1 is 1.32 bits per heavy atom. The van der Waals surface area contributed by atoms with Crippen LogP contribution in [0.4, 0.5) is 0 Å². The molecule has 0 unspecified atom stereocenters. The first kappa shape index (κ1) is 20.3. The summed E-state index contributed by atoms with van der Waals surface area (Å²) in [5, 5.41) is 13.3. The Bertz CT molecular complexity index is 892. The van der Waals surface area contributed by atoms with Crippen molar-refractivity contribution in [1.82, 2.24) is 10.2 Å². The molecule has 3 rings (SSSR count). The summed E-state index contributed by atoms with van der Waals surface area (Å²) in [6, 6.07) is 7.51. The van der Waals surface area contributed by atoms with Crippen molar-refractivity contribution in [3.8, 4) is 0 Å². The third-order valence-electron chi connectivity index (χ3n) is 5.47. The largest absolute Gasteiger partial charge is 0.477 e. The van der Waals surface area contributed by atoms with Crippen molar-refractivity contribution < 1.29 is 19.5 Å². The van der Waals surface area contributed by atoms with E-state index in [2.05, 4.69) is 5.32 Å². The predicted molar refractivity (Wildman–Crippen MR) is 109 cm³/mol. The van der Waals surface area contributed by atoms with E-state index in [1.54, 1.807) is 4.90 Å². The van der Waals surface area contributed by atoms with Gasteiger partial charge in [0.15, 0.2) is 0 Å². The van der Waals surface area contributed by atoms with Crippen molar-refractivity contribution in [1.29, 1.82) is 0 Å². The number of carboxylic acid groups (broad SMARTS) is 1. The SMILES string of the molecule is CC[C@@H](C)C(=O)N1CCC[C@@H](C(=O)NCc2c(C(=O)O)sc3ccccc23)C1. The van der Waals surface area contributed by atoms with Crippen molar-refractivity contribution in [2.45, 2.75) is 39.7 Å². The van der Waals surface area contributed by atoms with Gasteiger partial charge in [-0.3, -0.25) is 9.59 Å². The van der Waals surface area contributed by atoms with Crippen LogP contribution >= 0.6 is 11.3 Å². The fraction of sp³-hybridized carbons (Fsp3) is 0.476. The molecule has 1 aliphatic rings. The Labute approximate surface area is 168 Å². The Morgan fingerprint density at radius 3 is 2.79 bits per heavy atom. The van der Waals surface area contributed by atoms with Crippen LogP contribution in [0, 0.1) is 11.8 Å². The second kappa shape index (κ2) is 8.73. The number of thiophene rings is 1. The quantitative estimate of drug-likeness (QED) is 0.774. The van der Waals surface area contributed by atoms with Gasteiger partial charge in [-0.25, -0.2) is 4.79 Å². The van der Waals surface area contributed by atoms with E-state index in [1.807, 2.05) is 38.1 Å². The van der Waals surface area contributed by atoms with Crippen LogP contribution in [-0.4, -0.2) is 40.9 Å². The fourth-order valence-electron chi connectivity index (χ4n) is 3.64. The van der Waals surface area contributed by atoms with E-state index in [1.165, 1.54) is 11.3 Å². The molecular weight excluding hydrogens is 376 g/mol. The average Bonchev–Trinajstić information content (AvgIpc) is 3.10. The summed E-state index contributed by atoms with van der Waals surface area (Å²) in [6.07, 6.45) is 2.34. The minimum Gasteiger partial charge on any atom is -0.477 e. The molecule has 1 saturated heterocycles. The van der Waals surface area contributed by atoms with Gasteiger partial charge >= 0.3 is 5.97 Å². The maximum Gasteiger partial charge on any atom is 0.346 e. The van der Waals surface area contributed by atoms with E-state index in [9.17, 15) is 19.5 Å². The van der Waals surface area contributed by atoms with Crippen LogP contribution in [0.1, 0.15) is 48.3 Å². The van der Waals surface area contributed by atoms with Gasteiger partial charge in [0.25, 0.3) is 0 Å². The molecule has 0 aliphatic carbocycles. The van der Waals surface area contributed by atoms with Gasteiger partial charge < -0.3 is 15.3 Å². The van der Waals surface area contributed by atoms with E-state index in [0.717, 1.165) is 29.3 Å². The van der Waals surface area contributed by atoms with Crippen LogP contribution in [0.15, 0.2) is 24.3 Å². The van der Waals surface area contributed by atoms with Gasteiger partial charge in [0.1, 0.15) is 4.88 Å². The molecular formula is C21H26N2O4S. The normalized spacial score (nSPS) is 18.1. The van der Waals surface area contributed by atoms with Crippen LogP contribution < -0.4 is 5.32 Å². The lowest BCUT2D eigenvalue weighted by molar-refractivity contribution is -0.139. The number of amides is 2. The number of likely N-dealkylation sites (tertiary alicyclic amines) is 1. The highest BCUT2D eigenvalue weighted by atomic mass is 32.1. The summed E-state index contributed by atoms with van der Waals surface area (Å²) in [5.41, 5.74) is 0.643. The third kappa shape index (κ3) is 4.19. The molecule has 0 spiro atoms. The van der Waals surface area contributed by atoms with Gasteiger partial charge in [-0.15, -0.1) is 11.3 Å². The van der Waals surface area contributed by atoms with Gasteiger partial charge in [0, 0.05) is 35.8 Å². The van der Waals surface area contributed by atoms with Gasteiger partial charge in [-0.05, 0) is 30.7 Å². The second-order valence-corrected chi connectivity index (χ2v) is 8.41. The Morgan fingerprint density at radius 2 is 2.07 bits per heavy atom. The zero-order valence-electron chi connectivity index (χ0n) is 16.2. The first-order chi connectivity index (χ1) is 13.4. The number of carboxylic acids is 1. The van der Waals surface area contributed by atoms with E-state index < -0.39 is 5.97 Å². The number of rotatable bonds is 6. The zero-order valence-corrected chi connectivity index (χ0v) is 17.1. The number of carbonyl (C=O) groups excluding carboxylic acids is 2. The molecule has 0 bridgehead atoms. The summed E-state index contributed by atoms with van der Waals surface area (Å²) in [6.45, 7) is 5.22. The number of carbonyl (C=O) groups is 3. The summed E-state index contributed by atoms with van der Waals surface area (Å²) in [7, 11) is 0. The predicted octanol–water partition coefficient (Wildman–Crippen LogP) is 3.50. The summed E-state index contributed by atoms with van der Waals surface area (Å²) < 4.78 is 0.896. The van der Waals surface area contributed by atoms with Crippen molar-refractivity contribution in [2.75, 3.05) is 13.1 Å². The van der Waals surface area contributed by atoms with E-state index >= 15 is 0 Å². The van der Waals surface area contributed by atoms with Crippen LogP contribution in [0.5, 0.6) is 0 Å². The minimum atomic E-state index is -0.978. The zero-order chi connectivity index (χ0) is 20.3. The molecule has 1 fully saturated rings. The van der Waals surface area contributed by atoms with Crippen molar-refractivity contribution >= 4 is 39.2 Å². The average molecular weight is 403 g/mol. The molecule has 2 amide bonds. The highest BCUT2D eigenvalue weighted by Gasteiger charge is 2.30. The number of nitrogens with one attached hydrogen (secondary N) is 1. The van der Waals surface area contributed by atoms with Crippen LogP contribution in [0.2, 0.25) is 0 Å². The van der Waals surface area contributed by atoms with E-state index in [4.69, 9.17) is 0 Å². The van der Waals surface area contributed by atoms with E-state index in [0.29, 0.717) is 18.7 Å². The van der Waals surface area contributed by atoms with E-state index in [-0.39, 0.29) is 35.1 Å². The molecule has 150 valence electrons. The van der Waals surface area contributed by atoms with Crippen LogP contribution in [-0.2, 0) is 16.1 Å². The smallest absolute Gasteiger partial charge is 0.346 e. The Balaban J connectivity index is 1.69. The van der Waals surface area contributed by atoms with Gasteiger partial charge in [0.05, 0.1) is 5.92 Å². The number of aromatic carboxylic acids is 1. The topological polar surface area (TPSA) is 86.7 Å². The first-order valence-electron chi connectivity index (χ1n) is 9.72. The lowest BCUT2D eigenvalue weighted by Crippen LogP contribution is -2.46. The third-order valence-corrected chi connectivity index (χ3v) is 6.67. The number of hydrogen-bond donors (Lipinski definition) is 2. The number of hydrogen-bond acceptors (Lipinski definition) is 4. The van der Waals surface area contributed by atoms with Gasteiger partial charge in [-0.2, -0.15) is 0 Å². The van der Waals surface area contributed by atoms with Crippen molar-refractivity contribution in [2.24, 2.45) is 11.8 Å². The molecule has 6 nitrogen and oxygen atoms in total. The molecule has 1 aliphatic heterocycles. The second-order valence-electron chi connectivity index (χ2n) is 7.36. The Hall–Kier alpha value is -2.41. The molecule has 0 saturated carbocycles. The highest BCUT2D eigenvalue weighted by molar-refractivity contribution is 7.21. The number of fused-ring (bicyclic) bond motifs is 1. The minimum absolute atomic E-state index is 0.0305. The summed E-state index contributed by atoms with van der Waals surface area (Å²) >= 11 is 1.23. The molecule has 2 N–H and O–H groups in total. The molecule has 7 heteroatoms. The van der Waals surface area contributed by atoms with Crippen molar-refractivity contribution in [3.63, 3.8) is 0 Å². The molecule has 1 aromatic carbocycles.